The van der Waals surface area contributed by atoms with Gasteiger partial charge in [-0.15, -0.1) is 0 Å². The van der Waals surface area contributed by atoms with Gasteiger partial charge in [0, 0.05) is 23.9 Å². The first-order valence-corrected chi connectivity index (χ1v) is 10.6. The highest BCUT2D eigenvalue weighted by atomic mass is 28.4. The Bertz CT molecular complexity index is 692. The van der Waals surface area contributed by atoms with Crippen molar-refractivity contribution in [3.63, 3.8) is 0 Å². The molecule has 0 atom stereocenters. The summed E-state index contributed by atoms with van der Waals surface area (Å²) in [6, 6.07) is 8.94. The fourth-order valence-corrected chi connectivity index (χ4v) is 3.05. The van der Waals surface area contributed by atoms with Crippen LogP contribution < -0.4 is 9.16 Å². The topological polar surface area (TPSA) is 27.7 Å². The molecule has 2 aromatic rings. The SMILES string of the molecule is COCOc1cc(O[Si](C)(C)C(C)(C)C)c2ccccc2c1F. The van der Waals surface area contributed by atoms with E-state index in [4.69, 9.17) is 13.9 Å². The summed E-state index contributed by atoms with van der Waals surface area (Å²) < 4.78 is 31.3. The first-order valence-electron chi connectivity index (χ1n) is 7.69. The molecule has 0 aliphatic heterocycles. The molecule has 0 radical (unpaired) electrons. The smallest absolute Gasteiger partial charge is 0.250 e. The number of rotatable bonds is 5. The monoisotopic (exact) mass is 336 g/mol. The first-order chi connectivity index (χ1) is 10.7. The third kappa shape index (κ3) is 3.67. The van der Waals surface area contributed by atoms with Crippen LogP contribution in [0, 0.1) is 5.82 Å². The van der Waals surface area contributed by atoms with Gasteiger partial charge in [-0.25, -0.2) is 4.39 Å². The number of ether oxygens (including phenoxy) is 2. The minimum absolute atomic E-state index is 0.00517. The van der Waals surface area contributed by atoms with Gasteiger partial charge in [0.2, 0.25) is 0 Å². The minimum atomic E-state index is -2.04. The van der Waals surface area contributed by atoms with E-state index < -0.39 is 8.32 Å². The summed E-state index contributed by atoms with van der Waals surface area (Å²) in [5, 5.41) is 1.31. The molecule has 0 heterocycles. The van der Waals surface area contributed by atoms with Crippen molar-refractivity contribution in [1.29, 1.82) is 0 Å². The molecule has 0 amide bonds. The van der Waals surface area contributed by atoms with E-state index in [1.807, 2.05) is 18.2 Å². The van der Waals surface area contributed by atoms with Crippen molar-refractivity contribution in [2.45, 2.75) is 38.9 Å². The predicted octanol–water partition coefficient (Wildman–Crippen LogP) is 5.35. The van der Waals surface area contributed by atoms with Gasteiger partial charge in [-0.2, -0.15) is 0 Å². The van der Waals surface area contributed by atoms with E-state index in [2.05, 4.69) is 33.9 Å². The van der Waals surface area contributed by atoms with E-state index in [1.165, 1.54) is 7.11 Å². The summed E-state index contributed by atoms with van der Waals surface area (Å²) in [6.07, 6.45) is 0. The lowest BCUT2D eigenvalue weighted by molar-refractivity contribution is 0.0484. The average Bonchev–Trinajstić information content (AvgIpc) is 2.47. The van der Waals surface area contributed by atoms with Crippen LogP contribution in [-0.2, 0) is 4.74 Å². The molecule has 0 aromatic heterocycles. The van der Waals surface area contributed by atoms with Crippen LogP contribution in [-0.4, -0.2) is 22.2 Å². The molecule has 0 saturated heterocycles. The Labute approximate surface area is 138 Å². The van der Waals surface area contributed by atoms with Crippen molar-refractivity contribution in [1.82, 2.24) is 0 Å². The van der Waals surface area contributed by atoms with E-state index in [0.717, 1.165) is 5.39 Å². The van der Waals surface area contributed by atoms with Gasteiger partial charge in [-0.3, -0.25) is 0 Å². The quantitative estimate of drug-likeness (QED) is 0.544. The lowest BCUT2D eigenvalue weighted by Gasteiger charge is -2.36. The van der Waals surface area contributed by atoms with Crippen LogP contribution >= 0.6 is 0 Å². The molecule has 2 aromatic carbocycles. The minimum Gasteiger partial charge on any atom is -0.543 e. The van der Waals surface area contributed by atoms with Crippen molar-refractivity contribution in [2.75, 3.05) is 13.9 Å². The van der Waals surface area contributed by atoms with Crippen LogP contribution in [0.4, 0.5) is 4.39 Å². The van der Waals surface area contributed by atoms with E-state index in [9.17, 15) is 4.39 Å². The van der Waals surface area contributed by atoms with E-state index >= 15 is 0 Å². The standard InChI is InChI=1S/C18H25FO3Si/c1-18(2,3)23(5,6)22-15-11-16(21-12-20-4)17(19)14-10-8-7-9-13(14)15/h7-11H,12H2,1-6H3. The van der Waals surface area contributed by atoms with Crippen molar-refractivity contribution >= 4 is 19.1 Å². The molecule has 0 spiro atoms. The van der Waals surface area contributed by atoms with Crippen molar-refractivity contribution in [3.05, 3.63) is 36.1 Å². The Hall–Kier alpha value is -1.59. The molecule has 0 N–H and O–H groups in total. The number of hydrogen-bond donors (Lipinski definition) is 0. The zero-order valence-corrected chi connectivity index (χ0v) is 15.7. The number of hydrogen-bond acceptors (Lipinski definition) is 3. The number of methoxy groups -OCH3 is 1. The van der Waals surface area contributed by atoms with Crippen LogP contribution in [0.25, 0.3) is 10.8 Å². The summed E-state index contributed by atoms with van der Waals surface area (Å²) in [6.45, 7) is 10.9. The highest BCUT2D eigenvalue weighted by molar-refractivity contribution is 6.74. The molecule has 2 rings (SSSR count). The molecule has 0 aliphatic carbocycles. The largest absolute Gasteiger partial charge is 0.543 e. The lowest BCUT2D eigenvalue weighted by Crippen LogP contribution is -2.43. The maximum Gasteiger partial charge on any atom is 0.250 e. The van der Waals surface area contributed by atoms with Crippen LogP contribution in [0.5, 0.6) is 11.5 Å². The van der Waals surface area contributed by atoms with Gasteiger partial charge < -0.3 is 13.9 Å². The number of benzene rings is 2. The summed E-state index contributed by atoms with van der Waals surface area (Å²) in [5.74, 6) is 0.430. The first kappa shape index (κ1) is 17.8. The van der Waals surface area contributed by atoms with Gasteiger partial charge in [0.25, 0.3) is 8.32 Å². The molecular weight excluding hydrogens is 311 g/mol. The zero-order valence-electron chi connectivity index (χ0n) is 14.7. The van der Waals surface area contributed by atoms with Crippen molar-refractivity contribution in [3.8, 4) is 11.5 Å². The van der Waals surface area contributed by atoms with Crippen LogP contribution in [0.1, 0.15) is 20.8 Å². The van der Waals surface area contributed by atoms with Crippen LogP contribution in [0.2, 0.25) is 18.1 Å². The van der Waals surface area contributed by atoms with Crippen LogP contribution in [0.15, 0.2) is 30.3 Å². The Morgan fingerprint density at radius 2 is 1.65 bits per heavy atom. The Morgan fingerprint density at radius 3 is 2.22 bits per heavy atom. The van der Waals surface area contributed by atoms with Crippen molar-refractivity contribution in [2.24, 2.45) is 0 Å². The third-order valence-electron chi connectivity index (χ3n) is 4.41. The molecule has 126 valence electrons. The molecule has 0 aliphatic rings. The van der Waals surface area contributed by atoms with E-state index in [-0.39, 0.29) is 23.4 Å². The van der Waals surface area contributed by atoms with Gasteiger partial charge >= 0.3 is 0 Å². The number of halogens is 1. The van der Waals surface area contributed by atoms with Gasteiger partial charge in [-0.05, 0) is 18.1 Å². The fourth-order valence-electron chi connectivity index (χ4n) is 2.02. The molecule has 0 unspecified atom stereocenters. The highest BCUT2D eigenvalue weighted by Gasteiger charge is 2.39. The molecule has 3 nitrogen and oxygen atoms in total. The average molecular weight is 336 g/mol. The molecule has 0 saturated carbocycles. The molecule has 0 fully saturated rings. The third-order valence-corrected chi connectivity index (χ3v) is 8.75. The molecule has 0 bridgehead atoms. The summed E-state index contributed by atoms with van der Waals surface area (Å²) in [4.78, 5) is 0. The summed E-state index contributed by atoms with van der Waals surface area (Å²) in [5.41, 5.74) is 0. The van der Waals surface area contributed by atoms with E-state index in [0.29, 0.717) is 11.1 Å². The molecule has 23 heavy (non-hydrogen) atoms. The van der Waals surface area contributed by atoms with Gasteiger partial charge in [-0.1, -0.05) is 45.0 Å². The highest BCUT2D eigenvalue weighted by Crippen LogP contribution is 2.41. The summed E-state index contributed by atoms with van der Waals surface area (Å²) >= 11 is 0. The number of fused-ring (bicyclic) bond motifs is 1. The summed E-state index contributed by atoms with van der Waals surface area (Å²) in [7, 11) is -0.538. The lowest BCUT2D eigenvalue weighted by atomic mass is 10.1. The Balaban J connectivity index is 2.56. The maximum atomic E-state index is 14.6. The second kappa shape index (κ2) is 6.49. The Morgan fingerprint density at radius 1 is 1.04 bits per heavy atom. The van der Waals surface area contributed by atoms with Gasteiger partial charge in [0.15, 0.2) is 18.4 Å². The second-order valence-corrected chi connectivity index (χ2v) is 11.9. The molecule has 5 heteroatoms. The van der Waals surface area contributed by atoms with Gasteiger partial charge in [0.1, 0.15) is 5.75 Å². The van der Waals surface area contributed by atoms with Crippen molar-refractivity contribution < 1.29 is 18.3 Å². The molecular formula is C18H25FO3Si. The maximum absolute atomic E-state index is 14.6. The second-order valence-electron chi connectivity index (χ2n) is 7.15. The van der Waals surface area contributed by atoms with Crippen LogP contribution in [0.3, 0.4) is 0 Å². The van der Waals surface area contributed by atoms with Gasteiger partial charge in [0.05, 0.1) is 0 Å². The normalized spacial score (nSPS) is 12.5. The zero-order chi connectivity index (χ0) is 17.3. The fraction of sp³-hybridized carbons (Fsp3) is 0.444. The van der Waals surface area contributed by atoms with E-state index in [1.54, 1.807) is 12.1 Å². The Kier molecular flexibility index (Phi) is 5.01. The predicted molar refractivity (Wildman–Crippen MR) is 94.2 cm³/mol.